The average Bonchev–Trinajstić information content (AvgIpc) is 2.40. The van der Waals surface area contributed by atoms with Crippen LogP contribution in [0.5, 0.6) is 0 Å². The third-order valence-electron chi connectivity index (χ3n) is 3.36. The monoisotopic (exact) mass is 278 g/mol. The van der Waals surface area contributed by atoms with Gasteiger partial charge in [0.1, 0.15) is 11.6 Å². The van der Waals surface area contributed by atoms with Gasteiger partial charge in [-0.15, -0.1) is 0 Å². The minimum Gasteiger partial charge on any atom is -0.366 e. The molecule has 1 fully saturated rings. The van der Waals surface area contributed by atoms with E-state index < -0.39 is 17.6 Å². The maximum Gasteiger partial charge on any atom is 0.250 e. The summed E-state index contributed by atoms with van der Waals surface area (Å²) in [5, 5.41) is 2.55. The Morgan fingerprint density at radius 3 is 2.75 bits per heavy atom. The topological polar surface area (TPSA) is 89.3 Å². The van der Waals surface area contributed by atoms with Crippen molar-refractivity contribution in [2.45, 2.75) is 25.7 Å². The van der Waals surface area contributed by atoms with Crippen LogP contribution < -0.4 is 11.1 Å². The zero-order valence-electron chi connectivity index (χ0n) is 10.8. The average molecular weight is 278 g/mol. The van der Waals surface area contributed by atoms with Gasteiger partial charge in [0.15, 0.2) is 0 Å². The number of nitrogens with two attached hydrogens (primary N) is 1. The highest BCUT2D eigenvalue weighted by molar-refractivity contribution is 6.04. The van der Waals surface area contributed by atoms with Crippen LogP contribution in [0.3, 0.4) is 0 Å². The number of carbonyl (C=O) groups is 3. The van der Waals surface area contributed by atoms with E-state index in [-0.39, 0.29) is 29.4 Å². The lowest BCUT2D eigenvalue weighted by Crippen LogP contribution is -2.29. The molecule has 0 radical (unpaired) electrons. The molecule has 1 unspecified atom stereocenters. The van der Waals surface area contributed by atoms with E-state index in [9.17, 15) is 18.8 Å². The van der Waals surface area contributed by atoms with E-state index in [1.165, 1.54) is 6.07 Å². The Labute approximate surface area is 115 Å². The van der Waals surface area contributed by atoms with Gasteiger partial charge in [-0.1, -0.05) is 0 Å². The van der Waals surface area contributed by atoms with Crippen LogP contribution in [-0.4, -0.2) is 17.6 Å². The Morgan fingerprint density at radius 2 is 2.10 bits per heavy atom. The van der Waals surface area contributed by atoms with Crippen LogP contribution in [0.2, 0.25) is 0 Å². The predicted octanol–water partition coefficient (Wildman–Crippen LogP) is 1.62. The normalized spacial score (nSPS) is 18.6. The van der Waals surface area contributed by atoms with Crippen LogP contribution in [0.1, 0.15) is 36.0 Å². The Morgan fingerprint density at radius 1 is 1.35 bits per heavy atom. The quantitative estimate of drug-likeness (QED) is 0.880. The number of hydrogen-bond acceptors (Lipinski definition) is 3. The van der Waals surface area contributed by atoms with Crippen molar-refractivity contribution in [1.29, 1.82) is 0 Å². The lowest BCUT2D eigenvalue weighted by Gasteiger charge is -2.20. The van der Waals surface area contributed by atoms with Crippen LogP contribution in [0.15, 0.2) is 18.2 Å². The van der Waals surface area contributed by atoms with Crippen molar-refractivity contribution in [3.63, 3.8) is 0 Å². The van der Waals surface area contributed by atoms with Gasteiger partial charge in [-0.3, -0.25) is 14.4 Å². The highest BCUT2D eigenvalue weighted by Gasteiger charge is 2.26. The van der Waals surface area contributed by atoms with Crippen molar-refractivity contribution in [3.05, 3.63) is 29.6 Å². The number of benzene rings is 1. The van der Waals surface area contributed by atoms with Crippen molar-refractivity contribution in [2.75, 3.05) is 5.32 Å². The van der Waals surface area contributed by atoms with E-state index in [0.29, 0.717) is 19.3 Å². The minimum atomic E-state index is -0.820. The van der Waals surface area contributed by atoms with Gasteiger partial charge in [0.2, 0.25) is 5.91 Å². The summed E-state index contributed by atoms with van der Waals surface area (Å²) in [6.07, 6.45) is 2.03. The standard InChI is InChI=1S/C14H15FN2O3/c15-9-4-5-12(11(7-9)13(16)19)17-14(20)8-2-1-3-10(18)6-8/h4-5,7-8H,1-3,6H2,(H2,16,19)(H,17,20). The lowest BCUT2D eigenvalue weighted by atomic mass is 9.87. The van der Waals surface area contributed by atoms with Gasteiger partial charge in [0.05, 0.1) is 11.3 Å². The second-order valence-corrected chi connectivity index (χ2v) is 4.88. The van der Waals surface area contributed by atoms with Crippen LogP contribution in [0, 0.1) is 11.7 Å². The number of halogens is 1. The summed E-state index contributed by atoms with van der Waals surface area (Å²) in [5.41, 5.74) is 5.23. The minimum absolute atomic E-state index is 0.0608. The van der Waals surface area contributed by atoms with Crippen molar-refractivity contribution >= 4 is 23.3 Å². The summed E-state index contributed by atoms with van der Waals surface area (Å²) in [6.45, 7) is 0. The molecule has 0 heterocycles. The number of hydrogen-bond donors (Lipinski definition) is 2. The van der Waals surface area contributed by atoms with E-state index in [0.717, 1.165) is 12.1 Å². The second kappa shape index (κ2) is 5.81. The molecule has 1 aliphatic rings. The first-order valence-corrected chi connectivity index (χ1v) is 6.39. The van der Waals surface area contributed by atoms with Crippen LogP contribution in [-0.2, 0) is 9.59 Å². The molecule has 0 aliphatic heterocycles. The first-order valence-electron chi connectivity index (χ1n) is 6.39. The molecule has 1 saturated carbocycles. The van der Waals surface area contributed by atoms with Crippen molar-refractivity contribution < 1.29 is 18.8 Å². The fourth-order valence-corrected chi connectivity index (χ4v) is 2.31. The molecular formula is C14H15FN2O3. The van der Waals surface area contributed by atoms with Gasteiger partial charge in [-0.05, 0) is 31.0 Å². The molecule has 0 spiro atoms. The number of ketones is 1. The molecule has 106 valence electrons. The molecule has 1 atom stereocenters. The van der Waals surface area contributed by atoms with Gasteiger partial charge >= 0.3 is 0 Å². The van der Waals surface area contributed by atoms with Crippen LogP contribution >= 0.6 is 0 Å². The highest BCUT2D eigenvalue weighted by Crippen LogP contribution is 2.24. The molecule has 0 aromatic heterocycles. The number of anilines is 1. The molecule has 5 nitrogen and oxygen atoms in total. The number of primary amides is 1. The molecular weight excluding hydrogens is 263 g/mol. The largest absolute Gasteiger partial charge is 0.366 e. The predicted molar refractivity (Wildman–Crippen MR) is 70.5 cm³/mol. The first kappa shape index (κ1) is 14.2. The van der Waals surface area contributed by atoms with Crippen molar-refractivity contribution in [2.24, 2.45) is 11.7 Å². The fourth-order valence-electron chi connectivity index (χ4n) is 2.31. The van der Waals surface area contributed by atoms with E-state index in [2.05, 4.69) is 5.32 Å². The molecule has 1 aliphatic carbocycles. The lowest BCUT2D eigenvalue weighted by molar-refractivity contribution is -0.128. The second-order valence-electron chi connectivity index (χ2n) is 4.88. The molecule has 2 amide bonds. The molecule has 1 aromatic carbocycles. The van der Waals surface area contributed by atoms with E-state index in [1.54, 1.807) is 0 Å². The summed E-state index contributed by atoms with van der Waals surface area (Å²) in [4.78, 5) is 34.6. The van der Waals surface area contributed by atoms with Crippen molar-refractivity contribution in [1.82, 2.24) is 0 Å². The van der Waals surface area contributed by atoms with Gasteiger partial charge in [-0.2, -0.15) is 0 Å². The van der Waals surface area contributed by atoms with Crippen molar-refractivity contribution in [3.8, 4) is 0 Å². The van der Waals surface area contributed by atoms with Gasteiger partial charge in [0, 0.05) is 18.8 Å². The number of rotatable bonds is 3. The smallest absolute Gasteiger partial charge is 0.250 e. The number of Topliss-reactive ketones (excluding diaryl/α,β-unsaturated/α-hetero) is 1. The van der Waals surface area contributed by atoms with Gasteiger partial charge in [0.25, 0.3) is 5.91 Å². The third-order valence-corrected chi connectivity index (χ3v) is 3.36. The third kappa shape index (κ3) is 3.20. The summed E-state index contributed by atoms with van der Waals surface area (Å²) >= 11 is 0. The SMILES string of the molecule is NC(=O)c1cc(F)ccc1NC(=O)C1CCCC(=O)C1. The summed E-state index contributed by atoms with van der Waals surface area (Å²) in [5.74, 6) is -2.11. The fraction of sp³-hybridized carbons (Fsp3) is 0.357. The number of nitrogens with one attached hydrogen (secondary N) is 1. The summed E-state index contributed by atoms with van der Waals surface area (Å²) in [6, 6.07) is 3.40. The molecule has 1 aromatic rings. The Bertz CT molecular complexity index is 572. The molecule has 0 bridgehead atoms. The summed E-state index contributed by atoms with van der Waals surface area (Å²) in [7, 11) is 0. The Hall–Kier alpha value is -2.24. The first-order chi connectivity index (χ1) is 9.47. The number of carbonyl (C=O) groups excluding carboxylic acids is 3. The van der Waals surface area contributed by atoms with E-state index in [4.69, 9.17) is 5.73 Å². The van der Waals surface area contributed by atoms with Crippen LogP contribution in [0.25, 0.3) is 0 Å². The Balaban J connectivity index is 2.15. The molecule has 6 heteroatoms. The molecule has 0 saturated heterocycles. The highest BCUT2D eigenvalue weighted by atomic mass is 19.1. The van der Waals surface area contributed by atoms with Gasteiger partial charge < -0.3 is 11.1 Å². The molecule has 3 N–H and O–H groups in total. The Kier molecular flexibility index (Phi) is 4.12. The molecule has 20 heavy (non-hydrogen) atoms. The molecule has 2 rings (SSSR count). The van der Waals surface area contributed by atoms with E-state index in [1.807, 2.05) is 0 Å². The zero-order chi connectivity index (χ0) is 14.7. The summed E-state index contributed by atoms with van der Waals surface area (Å²) < 4.78 is 13.1. The van der Waals surface area contributed by atoms with Crippen LogP contribution in [0.4, 0.5) is 10.1 Å². The number of amides is 2. The van der Waals surface area contributed by atoms with E-state index >= 15 is 0 Å². The van der Waals surface area contributed by atoms with Gasteiger partial charge in [-0.25, -0.2) is 4.39 Å². The maximum atomic E-state index is 13.1. The zero-order valence-corrected chi connectivity index (χ0v) is 10.8. The maximum absolute atomic E-state index is 13.1.